The van der Waals surface area contributed by atoms with Gasteiger partial charge < -0.3 is 10.6 Å². The predicted molar refractivity (Wildman–Crippen MR) is 57.2 cm³/mol. The van der Waals surface area contributed by atoms with Crippen LogP contribution in [0.25, 0.3) is 0 Å². The molecule has 0 amide bonds. The highest BCUT2D eigenvalue weighted by molar-refractivity contribution is 14.1. The minimum Gasteiger partial charge on any atom is -0.353 e. The molecular formula is C7H11IN4. The minimum atomic E-state index is 0.686. The van der Waals surface area contributed by atoms with E-state index in [0.29, 0.717) is 5.95 Å². The van der Waals surface area contributed by atoms with Gasteiger partial charge in [0.1, 0.15) is 0 Å². The maximum Gasteiger partial charge on any atom is 0.222 e. The van der Waals surface area contributed by atoms with Crippen molar-refractivity contribution >= 4 is 28.5 Å². The van der Waals surface area contributed by atoms with Gasteiger partial charge in [0.15, 0.2) is 0 Å². The van der Waals surface area contributed by atoms with Crippen molar-refractivity contribution < 1.29 is 0 Å². The fourth-order valence-corrected chi connectivity index (χ4v) is 0.981. The molecule has 0 bridgehead atoms. The Morgan fingerprint density at radius 1 is 1.33 bits per heavy atom. The molecule has 0 radical (unpaired) electrons. The smallest absolute Gasteiger partial charge is 0.222 e. The molecule has 0 fully saturated rings. The van der Waals surface area contributed by atoms with Crippen LogP contribution in [0.3, 0.4) is 0 Å². The Morgan fingerprint density at radius 3 is 2.58 bits per heavy atom. The van der Waals surface area contributed by atoms with Gasteiger partial charge >= 0.3 is 0 Å². The van der Waals surface area contributed by atoms with Crippen LogP contribution in [0.1, 0.15) is 0 Å². The summed E-state index contributed by atoms with van der Waals surface area (Å²) in [6.45, 7) is 1.76. The number of halogens is 1. The van der Waals surface area contributed by atoms with Crippen LogP contribution in [0.15, 0.2) is 12.4 Å². The van der Waals surface area contributed by atoms with Gasteiger partial charge in [0.05, 0.1) is 0 Å². The van der Waals surface area contributed by atoms with E-state index in [9.17, 15) is 0 Å². The van der Waals surface area contributed by atoms with Gasteiger partial charge in [-0.15, -0.1) is 0 Å². The number of likely N-dealkylation sites (N-methyl/N-ethyl adjacent to an activating group) is 1. The maximum absolute atomic E-state index is 4.09. The van der Waals surface area contributed by atoms with Crippen molar-refractivity contribution in [3.8, 4) is 0 Å². The molecule has 1 rings (SSSR count). The highest BCUT2D eigenvalue weighted by Gasteiger charge is 1.92. The summed E-state index contributed by atoms with van der Waals surface area (Å²) in [6.07, 6.45) is 3.57. The number of nitrogens with zero attached hydrogens (tertiary/aromatic N) is 2. The van der Waals surface area contributed by atoms with E-state index < -0.39 is 0 Å². The Labute approximate surface area is 85.3 Å². The predicted octanol–water partition coefficient (Wildman–Crippen LogP) is 0.712. The van der Waals surface area contributed by atoms with Crippen LogP contribution < -0.4 is 10.6 Å². The number of hydrogen-bond donors (Lipinski definition) is 2. The molecule has 0 unspecified atom stereocenters. The average molecular weight is 278 g/mol. The van der Waals surface area contributed by atoms with Gasteiger partial charge in [-0.05, 0) is 29.6 Å². The molecular weight excluding hydrogens is 267 g/mol. The molecule has 5 heteroatoms. The molecule has 0 aliphatic carbocycles. The number of anilines is 1. The molecule has 0 aliphatic heterocycles. The molecule has 0 saturated carbocycles. The number of nitrogens with one attached hydrogen (secondary N) is 2. The topological polar surface area (TPSA) is 49.8 Å². The lowest BCUT2D eigenvalue weighted by molar-refractivity contribution is 0.817. The van der Waals surface area contributed by atoms with Crippen LogP contribution in [0.2, 0.25) is 0 Å². The summed E-state index contributed by atoms with van der Waals surface area (Å²) >= 11 is 2.18. The van der Waals surface area contributed by atoms with Gasteiger partial charge in [0.2, 0.25) is 5.95 Å². The Balaban J connectivity index is 2.37. The van der Waals surface area contributed by atoms with Crippen molar-refractivity contribution in [2.24, 2.45) is 0 Å². The summed E-state index contributed by atoms with van der Waals surface area (Å²) in [5.74, 6) is 0.686. The SMILES string of the molecule is CNCCNc1ncc(I)cn1. The van der Waals surface area contributed by atoms with Gasteiger partial charge in [-0.1, -0.05) is 0 Å². The van der Waals surface area contributed by atoms with E-state index in [1.807, 2.05) is 7.05 Å². The minimum absolute atomic E-state index is 0.686. The lowest BCUT2D eigenvalue weighted by atomic mass is 10.6. The zero-order valence-corrected chi connectivity index (χ0v) is 9.00. The Kier molecular flexibility index (Phi) is 4.23. The van der Waals surface area contributed by atoms with Gasteiger partial charge in [0.25, 0.3) is 0 Å². The molecule has 1 aromatic rings. The van der Waals surface area contributed by atoms with E-state index >= 15 is 0 Å². The van der Waals surface area contributed by atoms with E-state index in [2.05, 4.69) is 43.2 Å². The summed E-state index contributed by atoms with van der Waals surface area (Å²) in [5.41, 5.74) is 0. The second kappa shape index (κ2) is 5.26. The molecule has 0 saturated heterocycles. The fourth-order valence-electron chi connectivity index (χ4n) is 0.703. The monoisotopic (exact) mass is 278 g/mol. The summed E-state index contributed by atoms with van der Waals surface area (Å²) < 4.78 is 1.05. The van der Waals surface area contributed by atoms with E-state index in [0.717, 1.165) is 16.7 Å². The number of rotatable bonds is 4. The quantitative estimate of drug-likeness (QED) is 0.629. The van der Waals surface area contributed by atoms with Crippen molar-refractivity contribution in [3.63, 3.8) is 0 Å². The molecule has 0 spiro atoms. The first-order valence-corrected chi connectivity index (χ1v) is 4.77. The van der Waals surface area contributed by atoms with Crippen molar-refractivity contribution in [1.82, 2.24) is 15.3 Å². The normalized spacial score (nSPS) is 9.83. The Hall–Kier alpha value is -0.430. The van der Waals surface area contributed by atoms with E-state index in [4.69, 9.17) is 0 Å². The zero-order valence-electron chi connectivity index (χ0n) is 6.84. The Morgan fingerprint density at radius 2 is 2.00 bits per heavy atom. The first-order valence-electron chi connectivity index (χ1n) is 3.69. The molecule has 12 heavy (non-hydrogen) atoms. The first kappa shape index (κ1) is 9.66. The second-order valence-corrected chi connectivity index (χ2v) is 3.50. The number of hydrogen-bond acceptors (Lipinski definition) is 4. The highest BCUT2D eigenvalue weighted by Crippen LogP contribution is 2.01. The van der Waals surface area contributed by atoms with Gasteiger partial charge in [-0.25, -0.2) is 9.97 Å². The van der Waals surface area contributed by atoms with Gasteiger partial charge in [-0.2, -0.15) is 0 Å². The molecule has 66 valence electrons. The highest BCUT2D eigenvalue weighted by atomic mass is 127. The van der Waals surface area contributed by atoms with E-state index in [1.165, 1.54) is 0 Å². The van der Waals surface area contributed by atoms with Crippen LogP contribution in [-0.2, 0) is 0 Å². The standard InChI is InChI=1S/C7H11IN4/c1-9-2-3-10-7-11-4-6(8)5-12-7/h4-5,9H,2-3H2,1H3,(H,10,11,12). The summed E-state index contributed by atoms with van der Waals surface area (Å²) in [4.78, 5) is 8.19. The van der Waals surface area contributed by atoms with Gasteiger partial charge in [-0.3, -0.25) is 0 Å². The molecule has 0 atom stereocenters. The van der Waals surface area contributed by atoms with E-state index in [1.54, 1.807) is 12.4 Å². The van der Waals surface area contributed by atoms with Crippen molar-refractivity contribution in [2.75, 3.05) is 25.5 Å². The average Bonchev–Trinajstić information content (AvgIpc) is 2.09. The molecule has 4 nitrogen and oxygen atoms in total. The molecule has 1 heterocycles. The third-order valence-corrected chi connectivity index (χ3v) is 1.84. The zero-order chi connectivity index (χ0) is 8.81. The maximum atomic E-state index is 4.09. The van der Waals surface area contributed by atoms with Crippen molar-refractivity contribution in [2.45, 2.75) is 0 Å². The van der Waals surface area contributed by atoms with Gasteiger partial charge in [0, 0.05) is 29.1 Å². The molecule has 1 aromatic heterocycles. The van der Waals surface area contributed by atoms with Crippen molar-refractivity contribution in [3.05, 3.63) is 16.0 Å². The van der Waals surface area contributed by atoms with Crippen LogP contribution >= 0.6 is 22.6 Å². The third kappa shape index (κ3) is 3.31. The van der Waals surface area contributed by atoms with Crippen LogP contribution in [0, 0.1) is 3.57 Å². The summed E-state index contributed by atoms with van der Waals surface area (Å²) in [7, 11) is 1.91. The largest absolute Gasteiger partial charge is 0.353 e. The third-order valence-electron chi connectivity index (χ3n) is 1.28. The van der Waals surface area contributed by atoms with Crippen molar-refractivity contribution in [1.29, 1.82) is 0 Å². The van der Waals surface area contributed by atoms with E-state index in [-0.39, 0.29) is 0 Å². The molecule has 2 N–H and O–H groups in total. The summed E-state index contributed by atoms with van der Waals surface area (Å²) in [5, 5.41) is 6.11. The Bertz CT molecular complexity index is 223. The van der Waals surface area contributed by atoms with Crippen LogP contribution in [0.5, 0.6) is 0 Å². The van der Waals surface area contributed by atoms with Crippen LogP contribution in [-0.4, -0.2) is 30.1 Å². The fraction of sp³-hybridized carbons (Fsp3) is 0.429. The second-order valence-electron chi connectivity index (χ2n) is 2.26. The lowest BCUT2D eigenvalue weighted by Crippen LogP contribution is -2.18. The number of aromatic nitrogens is 2. The molecule has 0 aliphatic rings. The van der Waals surface area contributed by atoms with Crippen LogP contribution in [0.4, 0.5) is 5.95 Å². The summed E-state index contributed by atoms with van der Waals surface area (Å²) in [6, 6.07) is 0. The first-order chi connectivity index (χ1) is 5.83. The molecule has 0 aromatic carbocycles. The lowest BCUT2D eigenvalue weighted by Gasteiger charge is -2.02.